The van der Waals surface area contributed by atoms with Crippen molar-refractivity contribution >= 4 is 0 Å². The highest BCUT2D eigenvalue weighted by Gasteiger charge is 2.36. The van der Waals surface area contributed by atoms with E-state index in [0.717, 1.165) is 18.9 Å². The Hall–Kier alpha value is -0.860. The van der Waals surface area contributed by atoms with Crippen LogP contribution in [0.25, 0.3) is 0 Å². The minimum Gasteiger partial charge on any atom is -0.380 e. The summed E-state index contributed by atoms with van der Waals surface area (Å²) in [6.07, 6.45) is 4.08. The summed E-state index contributed by atoms with van der Waals surface area (Å²) in [7, 11) is 1.85. The third-order valence-corrected chi connectivity index (χ3v) is 4.25. The number of hydrogen-bond acceptors (Lipinski definition) is 2. The van der Waals surface area contributed by atoms with Crippen molar-refractivity contribution in [3.8, 4) is 0 Å². The van der Waals surface area contributed by atoms with E-state index in [0.29, 0.717) is 12.1 Å². The normalized spacial score (nSPS) is 18.3. The third kappa shape index (κ3) is 3.80. The predicted molar refractivity (Wildman–Crippen MR) is 80.6 cm³/mol. The minimum atomic E-state index is 0.363. The van der Waals surface area contributed by atoms with Gasteiger partial charge in [-0.1, -0.05) is 25.1 Å². The SMILES string of the molecule is CCNC(Cc1ccc(C)c(C)c1)C(OC)C1CC1. The minimum absolute atomic E-state index is 0.363. The van der Waals surface area contributed by atoms with Crippen LogP contribution in [0.3, 0.4) is 0 Å². The highest BCUT2D eigenvalue weighted by atomic mass is 16.5. The second kappa shape index (κ2) is 6.53. The van der Waals surface area contributed by atoms with Gasteiger partial charge in [0.2, 0.25) is 0 Å². The Bertz CT molecular complexity index is 412. The number of rotatable bonds is 7. The summed E-state index contributed by atoms with van der Waals surface area (Å²) in [6, 6.07) is 7.24. The van der Waals surface area contributed by atoms with Crippen LogP contribution in [0.15, 0.2) is 18.2 Å². The number of likely N-dealkylation sites (N-methyl/N-ethyl adjacent to an activating group) is 1. The quantitative estimate of drug-likeness (QED) is 0.813. The zero-order valence-electron chi connectivity index (χ0n) is 12.7. The summed E-state index contributed by atoms with van der Waals surface area (Å²) in [5, 5.41) is 3.61. The molecule has 0 aliphatic heterocycles. The van der Waals surface area contributed by atoms with Gasteiger partial charge < -0.3 is 10.1 Å². The molecule has 1 aromatic rings. The summed E-state index contributed by atoms with van der Waals surface area (Å²) in [4.78, 5) is 0. The first-order valence-corrected chi connectivity index (χ1v) is 7.48. The molecule has 1 aromatic carbocycles. The number of methoxy groups -OCH3 is 1. The maximum Gasteiger partial charge on any atom is 0.0755 e. The van der Waals surface area contributed by atoms with E-state index in [9.17, 15) is 0 Å². The van der Waals surface area contributed by atoms with E-state index in [2.05, 4.69) is 44.3 Å². The van der Waals surface area contributed by atoms with Crippen molar-refractivity contribution in [3.05, 3.63) is 34.9 Å². The van der Waals surface area contributed by atoms with E-state index in [1.54, 1.807) is 0 Å². The van der Waals surface area contributed by atoms with Gasteiger partial charge in [-0.2, -0.15) is 0 Å². The maximum atomic E-state index is 5.75. The molecule has 1 saturated carbocycles. The van der Waals surface area contributed by atoms with Gasteiger partial charge in [0.1, 0.15) is 0 Å². The molecule has 1 fully saturated rings. The molecule has 2 atom stereocenters. The molecule has 1 aliphatic carbocycles. The largest absolute Gasteiger partial charge is 0.380 e. The van der Waals surface area contributed by atoms with Crippen LogP contribution in [0, 0.1) is 19.8 Å². The van der Waals surface area contributed by atoms with Crippen LogP contribution in [0.5, 0.6) is 0 Å². The Balaban J connectivity index is 2.08. The molecule has 19 heavy (non-hydrogen) atoms. The van der Waals surface area contributed by atoms with E-state index in [4.69, 9.17) is 4.74 Å². The monoisotopic (exact) mass is 261 g/mol. The summed E-state index contributed by atoms with van der Waals surface area (Å²) >= 11 is 0. The molecule has 1 aliphatic rings. The van der Waals surface area contributed by atoms with E-state index in [1.807, 2.05) is 7.11 Å². The Labute approximate surface area is 117 Å². The molecule has 0 spiro atoms. The average Bonchev–Trinajstić information content (AvgIpc) is 3.19. The molecular weight excluding hydrogens is 234 g/mol. The molecule has 0 amide bonds. The fourth-order valence-corrected chi connectivity index (χ4v) is 2.86. The first-order chi connectivity index (χ1) is 9.15. The molecule has 1 N–H and O–H groups in total. The number of hydrogen-bond donors (Lipinski definition) is 1. The first kappa shape index (κ1) is 14.5. The first-order valence-electron chi connectivity index (χ1n) is 7.48. The zero-order valence-corrected chi connectivity index (χ0v) is 12.7. The Kier molecular flexibility index (Phi) is 5.00. The van der Waals surface area contributed by atoms with Gasteiger partial charge in [-0.05, 0) is 62.3 Å². The van der Waals surface area contributed by atoms with Gasteiger partial charge in [0.05, 0.1) is 6.10 Å². The number of nitrogens with one attached hydrogen (secondary N) is 1. The van der Waals surface area contributed by atoms with Crippen molar-refractivity contribution in [2.45, 2.75) is 52.2 Å². The second-order valence-electron chi connectivity index (χ2n) is 5.82. The molecule has 0 aromatic heterocycles. The van der Waals surface area contributed by atoms with Gasteiger partial charge in [-0.15, -0.1) is 0 Å². The van der Waals surface area contributed by atoms with E-state index >= 15 is 0 Å². The van der Waals surface area contributed by atoms with E-state index in [-0.39, 0.29) is 0 Å². The van der Waals surface area contributed by atoms with Crippen molar-refractivity contribution in [2.24, 2.45) is 5.92 Å². The molecule has 2 heteroatoms. The van der Waals surface area contributed by atoms with Gasteiger partial charge in [0.25, 0.3) is 0 Å². The Morgan fingerprint density at radius 2 is 2.00 bits per heavy atom. The molecule has 2 unspecified atom stereocenters. The lowest BCUT2D eigenvalue weighted by Crippen LogP contribution is -2.43. The molecule has 0 radical (unpaired) electrons. The van der Waals surface area contributed by atoms with Gasteiger partial charge in [0.15, 0.2) is 0 Å². The van der Waals surface area contributed by atoms with Crippen LogP contribution in [-0.4, -0.2) is 25.8 Å². The highest BCUT2D eigenvalue weighted by molar-refractivity contribution is 5.30. The summed E-state index contributed by atoms with van der Waals surface area (Å²) in [6.45, 7) is 7.54. The van der Waals surface area contributed by atoms with Gasteiger partial charge in [0, 0.05) is 13.2 Å². The van der Waals surface area contributed by atoms with Crippen LogP contribution >= 0.6 is 0 Å². The molecule has 2 nitrogen and oxygen atoms in total. The predicted octanol–water partition coefficient (Wildman–Crippen LogP) is 3.25. The lowest BCUT2D eigenvalue weighted by Gasteiger charge is -2.27. The lowest BCUT2D eigenvalue weighted by molar-refractivity contribution is 0.0516. The summed E-state index contributed by atoms with van der Waals surface area (Å²) < 4.78 is 5.75. The maximum absolute atomic E-state index is 5.75. The molecule has 2 rings (SSSR count). The van der Waals surface area contributed by atoms with Crippen LogP contribution < -0.4 is 5.32 Å². The van der Waals surface area contributed by atoms with Crippen LogP contribution in [0.1, 0.15) is 36.5 Å². The number of aryl methyl sites for hydroxylation is 2. The van der Waals surface area contributed by atoms with Crippen LogP contribution in [-0.2, 0) is 11.2 Å². The second-order valence-corrected chi connectivity index (χ2v) is 5.82. The highest BCUT2D eigenvalue weighted by Crippen LogP contribution is 2.36. The molecule has 0 bridgehead atoms. The van der Waals surface area contributed by atoms with E-state index in [1.165, 1.54) is 29.5 Å². The summed E-state index contributed by atoms with van der Waals surface area (Å²) in [5.74, 6) is 0.764. The van der Waals surface area contributed by atoms with Gasteiger partial charge in [-0.25, -0.2) is 0 Å². The Morgan fingerprint density at radius 3 is 2.53 bits per heavy atom. The molecule has 0 saturated heterocycles. The van der Waals surface area contributed by atoms with Crippen molar-refractivity contribution in [1.82, 2.24) is 5.32 Å². The third-order valence-electron chi connectivity index (χ3n) is 4.25. The van der Waals surface area contributed by atoms with Crippen molar-refractivity contribution in [2.75, 3.05) is 13.7 Å². The Morgan fingerprint density at radius 1 is 1.26 bits per heavy atom. The van der Waals surface area contributed by atoms with Gasteiger partial charge >= 0.3 is 0 Å². The van der Waals surface area contributed by atoms with Gasteiger partial charge in [-0.3, -0.25) is 0 Å². The number of benzene rings is 1. The van der Waals surface area contributed by atoms with E-state index < -0.39 is 0 Å². The van der Waals surface area contributed by atoms with Crippen molar-refractivity contribution < 1.29 is 4.74 Å². The van der Waals surface area contributed by atoms with Crippen molar-refractivity contribution in [1.29, 1.82) is 0 Å². The molecule has 0 heterocycles. The summed E-state index contributed by atoms with van der Waals surface area (Å²) in [5.41, 5.74) is 4.17. The standard InChI is InChI=1S/C17H27NO/c1-5-18-16(17(19-4)15-8-9-15)11-14-7-6-12(2)13(3)10-14/h6-7,10,15-18H,5,8-9,11H2,1-4H3. The topological polar surface area (TPSA) is 21.3 Å². The van der Waals surface area contributed by atoms with Crippen molar-refractivity contribution in [3.63, 3.8) is 0 Å². The molecular formula is C17H27NO. The zero-order chi connectivity index (χ0) is 13.8. The fourth-order valence-electron chi connectivity index (χ4n) is 2.86. The fraction of sp³-hybridized carbons (Fsp3) is 0.647. The average molecular weight is 261 g/mol. The van der Waals surface area contributed by atoms with Crippen LogP contribution in [0.4, 0.5) is 0 Å². The van der Waals surface area contributed by atoms with Crippen LogP contribution in [0.2, 0.25) is 0 Å². The molecule has 106 valence electrons. The lowest BCUT2D eigenvalue weighted by atomic mass is 9.96. The number of ether oxygens (including phenoxy) is 1. The smallest absolute Gasteiger partial charge is 0.0755 e.